The molecule has 1 N–H and O–H groups in total. The van der Waals surface area contributed by atoms with Crippen LogP contribution in [0.25, 0.3) is 0 Å². The van der Waals surface area contributed by atoms with Crippen LogP contribution in [-0.2, 0) is 6.54 Å². The van der Waals surface area contributed by atoms with E-state index in [1.165, 1.54) is 0 Å². The van der Waals surface area contributed by atoms with E-state index in [4.69, 9.17) is 0 Å². The van der Waals surface area contributed by atoms with Gasteiger partial charge in [-0.05, 0) is 19.9 Å². The number of nitrogens with one attached hydrogen (secondary N) is 1. The summed E-state index contributed by atoms with van der Waals surface area (Å²) in [5.74, 6) is 0.807. The zero-order chi connectivity index (χ0) is 13.1. The molecule has 2 heterocycles. The molecule has 18 heavy (non-hydrogen) atoms. The maximum absolute atomic E-state index is 12.1. The lowest BCUT2D eigenvalue weighted by atomic mass is 10.2. The average molecular weight is 246 g/mol. The first-order valence-electron chi connectivity index (χ1n) is 6.02. The molecule has 2 aromatic heterocycles. The quantitative estimate of drug-likeness (QED) is 0.893. The Labute approximate surface area is 106 Å². The summed E-state index contributed by atoms with van der Waals surface area (Å²) >= 11 is 0. The van der Waals surface area contributed by atoms with Gasteiger partial charge in [-0.3, -0.25) is 9.13 Å². The number of hydrogen-bond donors (Lipinski definition) is 1. The van der Waals surface area contributed by atoms with Crippen molar-refractivity contribution in [2.24, 2.45) is 0 Å². The predicted molar refractivity (Wildman–Crippen MR) is 72.0 cm³/mol. The largest absolute Gasteiger partial charge is 0.373 e. The minimum atomic E-state index is 0.0101. The molecule has 2 aromatic rings. The SMILES string of the molecule is CNc1ncccc1Cn1ccn(C(C)C)c1=O. The number of anilines is 1. The standard InChI is InChI=1S/C13H18N4O/c1-10(2)17-8-7-16(13(17)18)9-11-5-4-6-15-12(11)14-3/h4-8,10H,9H2,1-3H3,(H,14,15). The summed E-state index contributed by atoms with van der Waals surface area (Å²) in [7, 11) is 1.83. The zero-order valence-corrected chi connectivity index (χ0v) is 10.9. The Morgan fingerprint density at radius 3 is 2.78 bits per heavy atom. The summed E-state index contributed by atoms with van der Waals surface area (Å²) in [6, 6.07) is 4.02. The van der Waals surface area contributed by atoms with E-state index in [1.54, 1.807) is 15.3 Å². The van der Waals surface area contributed by atoms with E-state index in [0.717, 1.165) is 11.4 Å². The summed E-state index contributed by atoms with van der Waals surface area (Å²) in [4.78, 5) is 16.3. The van der Waals surface area contributed by atoms with Crippen molar-refractivity contribution in [2.45, 2.75) is 26.4 Å². The Bertz CT molecular complexity index is 583. The third-order valence-corrected chi connectivity index (χ3v) is 2.90. The molecule has 0 aliphatic heterocycles. The molecular weight excluding hydrogens is 228 g/mol. The maximum atomic E-state index is 12.1. The first-order valence-corrected chi connectivity index (χ1v) is 6.02. The number of pyridine rings is 1. The number of rotatable bonds is 4. The second-order valence-electron chi connectivity index (χ2n) is 4.47. The van der Waals surface area contributed by atoms with Crippen LogP contribution in [0.2, 0.25) is 0 Å². The Hall–Kier alpha value is -2.04. The minimum absolute atomic E-state index is 0.0101. The molecule has 0 aliphatic carbocycles. The van der Waals surface area contributed by atoms with Crippen LogP contribution in [0.3, 0.4) is 0 Å². The molecule has 0 spiro atoms. The van der Waals surface area contributed by atoms with Crippen molar-refractivity contribution >= 4 is 5.82 Å². The lowest BCUT2D eigenvalue weighted by molar-refractivity contribution is 0.561. The van der Waals surface area contributed by atoms with Gasteiger partial charge < -0.3 is 5.32 Å². The first-order chi connectivity index (χ1) is 8.63. The lowest BCUT2D eigenvalue weighted by Crippen LogP contribution is -2.25. The molecule has 5 heteroatoms. The molecule has 96 valence electrons. The molecule has 0 radical (unpaired) electrons. The molecular formula is C13H18N4O. The molecule has 5 nitrogen and oxygen atoms in total. The smallest absolute Gasteiger partial charge is 0.328 e. The molecule has 0 saturated heterocycles. The highest BCUT2D eigenvalue weighted by molar-refractivity contribution is 5.42. The Morgan fingerprint density at radius 2 is 2.17 bits per heavy atom. The van der Waals surface area contributed by atoms with E-state index in [0.29, 0.717) is 6.54 Å². The van der Waals surface area contributed by atoms with Gasteiger partial charge in [-0.25, -0.2) is 9.78 Å². The van der Waals surface area contributed by atoms with Gasteiger partial charge in [0.05, 0.1) is 6.54 Å². The zero-order valence-electron chi connectivity index (χ0n) is 10.9. The van der Waals surface area contributed by atoms with Crippen LogP contribution >= 0.6 is 0 Å². The second kappa shape index (κ2) is 5.08. The summed E-state index contributed by atoms with van der Waals surface area (Å²) in [5.41, 5.74) is 1.01. The molecule has 0 amide bonds. The molecule has 0 atom stereocenters. The molecule has 0 unspecified atom stereocenters. The van der Waals surface area contributed by atoms with Crippen LogP contribution in [0.5, 0.6) is 0 Å². The maximum Gasteiger partial charge on any atom is 0.328 e. The highest BCUT2D eigenvalue weighted by Crippen LogP contribution is 2.11. The molecule has 0 aromatic carbocycles. The third-order valence-electron chi connectivity index (χ3n) is 2.90. The normalized spacial score (nSPS) is 10.9. The van der Waals surface area contributed by atoms with Crippen LogP contribution in [0.15, 0.2) is 35.5 Å². The van der Waals surface area contributed by atoms with Gasteiger partial charge >= 0.3 is 5.69 Å². The van der Waals surface area contributed by atoms with Gasteiger partial charge in [0.15, 0.2) is 0 Å². The van der Waals surface area contributed by atoms with Crippen molar-refractivity contribution in [1.29, 1.82) is 0 Å². The first kappa shape index (κ1) is 12.4. The van der Waals surface area contributed by atoms with Crippen molar-refractivity contribution in [2.75, 3.05) is 12.4 Å². The summed E-state index contributed by atoms with van der Waals surface area (Å²) in [5, 5.41) is 3.03. The van der Waals surface area contributed by atoms with Gasteiger partial charge in [-0.2, -0.15) is 0 Å². The van der Waals surface area contributed by atoms with E-state index >= 15 is 0 Å². The van der Waals surface area contributed by atoms with Gasteiger partial charge in [0.25, 0.3) is 0 Å². The lowest BCUT2D eigenvalue weighted by Gasteiger charge is -2.08. The topological polar surface area (TPSA) is 51.9 Å². The van der Waals surface area contributed by atoms with Gasteiger partial charge in [0, 0.05) is 37.2 Å². The van der Waals surface area contributed by atoms with E-state index < -0.39 is 0 Å². The number of nitrogens with zero attached hydrogens (tertiary/aromatic N) is 3. The third kappa shape index (κ3) is 2.30. The molecule has 0 fully saturated rings. The fourth-order valence-electron chi connectivity index (χ4n) is 1.92. The fourth-order valence-corrected chi connectivity index (χ4v) is 1.92. The van der Waals surface area contributed by atoms with E-state index in [9.17, 15) is 4.79 Å². The van der Waals surface area contributed by atoms with Crippen molar-refractivity contribution < 1.29 is 0 Å². The van der Waals surface area contributed by atoms with Crippen LogP contribution in [0, 0.1) is 0 Å². The Kier molecular flexibility index (Phi) is 3.50. The predicted octanol–water partition coefficient (Wildman–Crippen LogP) is 1.72. The number of imidazole rings is 1. The molecule has 0 bridgehead atoms. The number of aromatic nitrogens is 3. The van der Waals surface area contributed by atoms with Gasteiger partial charge in [-0.1, -0.05) is 6.07 Å². The van der Waals surface area contributed by atoms with Crippen LogP contribution in [0.1, 0.15) is 25.5 Å². The second-order valence-corrected chi connectivity index (χ2v) is 4.47. The van der Waals surface area contributed by atoms with E-state index in [1.807, 2.05) is 45.4 Å². The highest BCUT2D eigenvalue weighted by atomic mass is 16.1. The van der Waals surface area contributed by atoms with Crippen LogP contribution in [0.4, 0.5) is 5.82 Å². The van der Waals surface area contributed by atoms with Gasteiger partial charge in [-0.15, -0.1) is 0 Å². The average Bonchev–Trinajstić information content (AvgIpc) is 2.72. The minimum Gasteiger partial charge on any atom is -0.373 e. The van der Waals surface area contributed by atoms with Gasteiger partial charge in [0.2, 0.25) is 0 Å². The highest BCUT2D eigenvalue weighted by Gasteiger charge is 2.08. The van der Waals surface area contributed by atoms with Crippen molar-refractivity contribution in [3.63, 3.8) is 0 Å². The Balaban J connectivity index is 2.32. The molecule has 0 aliphatic rings. The van der Waals surface area contributed by atoms with E-state index in [-0.39, 0.29) is 11.7 Å². The summed E-state index contributed by atoms with van der Waals surface area (Å²) < 4.78 is 3.41. The van der Waals surface area contributed by atoms with Crippen molar-refractivity contribution in [3.05, 3.63) is 46.8 Å². The summed E-state index contributed by atoms with van der Waals surface area (Å²) in [6.07, 6.45) is 5.37. The monoisotopic (exact) mass is 246 g/mol. The van der Waals surface area contributed by atoms with Gasteiger partial charge in [0.1, 0.15) is 5.82 Å². The van der Waals surface area contributed by atoms with Crippen molar-refractivity contribution in [1.82, 2.24) is 14.1 Å². The van der Waals surface area contributed by atoms with Crippen molar-refractivity contribution in [3.8, 4) is 0 Å². The van der Waals surface area contributed by atoms with Crippen LogP contribution in [-0.4, -0.2) is 21.2 Å². The fraction of sp³-hybridized carbons (Fsp3) is 0.385. The Morgan fingerprint density at radius 1 is 1.39 bits per heavy atom. The van der Waals surface area contributed by atoms with Crippen LogP contribution < -0.4 is 11.0 Å². The molecule has 2 rings (SSSR count). The van der Waals surface area contributed by atoms with E-state index in [2.05, 4.69) is 10.3 Å². The number of hydrogen-bond acceptors (Lipinski definition) is 3. The summed E-state index contributed by atoms with van der Waals surface area (Å²) in [6.45, 7) is 4.52. The molecule has 0 saturated carbocycles.